The standard InChI is InChI=1S/C20H21N7/c1-16-23-19(13-20(24-16)27-8-2-7-22-27)26-11-9-25(10-12-26)15-18-5-3-17(14-21)4-6-18/h2-8,13H,9-12,15H2,1H3. The van der Waals surface area contributed by atoms with E-state index in [1.165, 1.54) is 5.56 Å². The highest BCUT2D eigenvalue weighted by atomic mass is 15.3. The molecule has 3 heterocycles. The molecule has 136 valence electrons. The number of hydrogen-bond acceptors (Lipinski definition) is 6. The van der Waals surface area contributed by atoms with E-state index in [1.807, 2.05) is 49.5 Å². The summed E-state index contributed by atoms with van der Waals surface area (Å²) in [6.07, 6.45) is 3.64. The summed E-state index contributed by atoms with van der Waals surface area (Å²) in [6.45, 7) is 6.61. The van der Waals surface area contributed by atoms with Gasteiger partial charge in [0.25, 0.3) is 0 Å². The minimum Gasteiger partial charge on any atom is -0.354 e. The van der Waals surface area contributed by atoms with Gasteiger partial charge in [-0.2, -0.15) is 10.4 Å². The van der Waals surface area contributed by atoms with Crippen LogP contribution in [0.5, 0.6) is 0 Å². The van der Waals surface area contributed by atoms with E-state index in [9.17, 15) is 0 Å². The van der Waals surface area contributed by atoms with Crippen LogP contribution in [-0.2, 0) is 6.54 Å². The quantitative estimate of drug-likeness (QED) is 0.711. The van der Waals surface area contributed by atoms with Gasteiger partial charge >= 0.3 is 0 Å². The summed E-state index contributed by atoms with van der Waals surface area (Å²) in [5.41, 5.74) is 1.94. The second kappa shape index (κ2) is 7.56. The molecule has 1 aromatic carbocycles. The predicted octanol–water partition coefficient (Wildman–Crippen LogP) is 2.16. The molecule has 1 saturated heterocycles. The summed E-state index contributed by atoms with van der Waals surface area (Å²) in [6, 6.07) is 13.9. The molecule has 0 amide bonds. The molecule has 0 atom stereocenters. The maximum Gasteiger partial charge on any atom is 0.159 e. The van der Waals surface area contributed by atoms with Gasteiger partial charge in [0, 0.05) is 51.2 Å². The van der Waals surface area contributed by atoms with Gasteiger partial charge in [-0.15, -0.1) is 0 Å². The lowest BCUT2D eigenvalue weighted by Crippen LogP contribution is -2.46. The van der Waals surface area contributed by atoms with Crippen molar-refractivity contribution in [3.05, 3.63) is 65.7 Å². The van der Waals surface area contributed by atoms with Crippen LogP contribution in [0.25, 0.3) is 5.82 Å². The van der Waals surface area contributed by atoms with Crippen LogP contribution < -0.4 is 4.90 Å². The zero-order chi connectivity index (χ0) is 18.6. The van der Waals surface area contributed by atoms with Gasteiger partial charge in [0.2, 0.25) is 0 Å². The summed E-state index contributed by atoms with van der Waals surface area (Å²) >= 11 is 0. The molecule has 0 saturated carbocycles. The van der Waals surface area contributed by atoms with E-state index in [0.29, 0.717) is 5.56 Å². The van der Waals surface area contributed by atoms with Crippen molar-refractivity contribution in [2.75, 3.05) is 31.1 Å². The fourth-order valence-corrected chi connectivity index (χ4v) is 3.30. The topological polar surface area (TPSA) is 73.9 Å². The Morgan fingerprint density at radius 3 is 2.44 bits per heavy atom. The SMILES string of the molecule is Cc1nc(N2CCN(Cc3ccc(C#N)cc3)CC2)cc(-n2cccn2)n1. The zero-order valence-corrected chi connectivity index (χ0v) is 15.3. The van der Waals surface area contributed by atoms with Crippen molar-refractivity contribution in [3.8, 4) is 11.9 Å². The Hall–Kier alpha value is -3.24. The number of hydrogen-bond donors (Lipinski definition) is 0. The van der Waals surface area contributed by atoms with Crippen LogP contribution in [0.2, 0.25) is 0 Å². The molecule has 0 aliphatic carbocycles. The highest BCUT2D eigenvalue weighted by molar-refractivity contribution is 5.44. The number of rotatable bonds is 4. The second-order valence-corrected chi connectivity index (χ2v) is 6.65. The van der Waals surface area contributed by atoms with Crippen LogP contribution in [0, 0.1) is 18.3 Å². The Labute approximate surface area is 158 Å². The summed E-state index contributed by atoms with van der Waals surface area (Å²) in [7, 11) is 0. The first-order chi connectivity index (χ1) is 13.2. The van der Waals surface area contributed by atoms with Crippen LogP contribution in [-0.4, -0.2) is 50.8 Å². The van der Waals surface area contributed by atoms with Gasteiger partial charge < -0.3 is 4.90 Å². The first-order valence-corrected chi connectivity index (χ1v) is 9.03. The largest absolute Gasteiger partial charge is 0.354 e. The monoisotopic (exact) mass is 359 g/mol. The van der Waals surface area contributed by atoms with Gasteiger partial charge in [-0.05, 0) is 30.7 Å². The molecule has 0 unspecified atom stereocenters. The molecule has 4 rings (SSSR count). The molecule has 0 spiro atoms. The molecule has 1 fully saturated rings. The van der Waals surface area contributed by atoms with Crippen LogP contribution in [0.4, 0.5) is 5.82 Å². The predicted molar refractivity (Wildman–Crippen MR) is 103 cm³/mol. The molecule has 7 nitrogen and oxygen atoms in total. The molecule has 7 heteroatoms. The molecule has 0 N–H and O–H groups in total. The molecule has 0 radical (unpaired) electrons. The van der Waals surface area contributed by atoms with Crippen molar-refractivity contribution in [2.24, 2.45) is 0 Å². The molecule has 3 aromatic rings. The maximum atomic E-state index is 8.91. The molecule has 1 aliphatic rings. The van der Waals surface area contributed by atoms with E-state index >= 15 is 0 Å². The van der Waals surface area contributed by atoms with Crippen molar-refractivity contribution in [1.82, 2.24) is 24.6 Å². The number of anilines is 1. The Kier molecular flexibility index (Phi) is 4.81. The fraction of sp³-hybridized carbons (Fsp3) is 0.300. The zero-order valence-electron chi connectivity index (χ0n) is 15.3. The molecule has 0 bridgehead atoms. The van der Waals surface area contributed by atoms with Gasteiger partial charge in [0.05, 0.1) is 11.6 Å². The van der Waals surface area contributed by atoms with Crippen LogP contribution in [0.15, 0.2) is 48.8 Å². The van der Waals surface area contributed by atoms with Gasteiger partial charge in [0.15, 0.2) is 5.82 Å². The average Bonchev–Trinajstić information content (AvgIpc) is 3.24. The summed E-state index contributed by atoms with van der Waals surface area (Å²) in [5, 5.41) is 13.2. The third-order valence-corrected chi connectivity index (χ3v) is 4.74. The van der Waals surface area contributed by atoms with E-state index in [4.69, 9.17) is 5.26 Å². The average molecular weight is 359 g/mol. The van der Waals surface area contributed by atoms with Crippen molar-refractivity contribution < 1.29 is 0 Å². The fourth-order valence-electron chi connectivity index (χ4n) is 3.30. The Morgan fingerprint density at radius 1 is 1.04 bits per heavy atom. The van der Waals surface area contributed by atoms with E-state index < -0.39 is 0 Å². The van der Waals surface area contributed by atoms with E-state index in [-0.39, 0.29) is 0 Å². The smallest absolute Gasteiger partial charge is 0.159 e. The lowest BCUT2D eigenvalue weighted by molar-refractivity contribution is 0.249. The van der Waals surface area contributed by atoms with Crippen molar-refractivity contribution in [3.63, 3.8) is 0 Å². The Morgan fingerprint density at radius 2 is 1.78 bits per heavy atom. The molecule has 2 aromatic heterocycles. The van der Waals surface area contributed by atoms with E-state index in [2.05, 4.69) is 30.9 Å². The van der Waals surface area contributed by atoms with E-state index in [1.54, 1.807) is 10.9 Å². The van der Waals surface area contributed by atoms with Gasteiger partial charge in [-0.3, -0.25) is 4.90 Å². The Balaban J connectivity index is 1.41. The van der Waals surface area contributed by atoms with Gasteiger partial charge in [-0.25, -0.2) is 14.6 Å². The van der Waals surface area contributed by atoms with Gasteiger partial charge in [0.1, 0.15) is 11.6 Å². The number of benzene rings is 1. The number of aromatic nitrogens is 4. The van der Waals surface area contributed by atoms with Crippen LogP contribution in [0.1, 0.15) is 17.0 Å². The number of aryl methyl sites for hydroxylation is 1. The first-order valence-electron chi connectivity index (χ1n) is 9.03. The first kappa shape index (κ1) is 17.2. The summed E-state index contributed by atoms with van der Waals surface area (Å²) in [4.78, 5) is 13.8. The third-order valence-electron chi connectivity index (χ3n) is 4.74. The lowest BCUT2D eigenvalue weighted by atomic mass is 10.1. The number of piperazine rings is 1. The highest BCUT2D eigenvalue weighted by Crippen LogP contribution is 2.18. The third kappa shape index (κ3) is 3.96. The Bertz CT molecular complexity index is 933. The summed E-state index contributed by atoms with van der Waals surface area (Å²) in [5.74, 6) is 2.49. The van der Waals surface area contributed by atoms with Crippen molar-refractivity contribution in [1.29, 1.82) is 5.26 Å². The molecular formula is C20H21N7. The summed E-state index contributed by atoms with van der Waals surface area (Å²) < 4.78 is 1.76. The minimum absolute atomic E-state index is 0.704. The lowest BCUT2D eigenvalue weighted by Gasteiger charge is -2.35. The second-order valence-electron chi connectivity index (χ2n) is 6.65. The van der Waals surface area contributed by atoms with Crippen molar-refractivity contribution >= 4 is 5.82 Å². The minimum atomic E-state index is 0.704. The number of nitriles is 1. The molecular weight excluding hydrogens is 338 g/mol. The van der Waals surface area contributed by atoms with E-state index in [0.717, 1.165) is 50.2 Å². The normalized spacial score (nSPS) is 14.9. The molecule has 1 aliphatic heterocycles. The highest BCUT2D eigenvalue weighted by Gasteiger charge is 2.19. The molecule has 27 heavy (non-hydrogen) atoms. The maximum absolute atomic E-state index is 8.91. The van der Waals surface area contributed by atoms with Crippen LogP contribution >= 0.6 is 0 Å². The number of nitrogens with zero attached hydrogens (tertiary/aromatic N) is 7. The van der Waals surface area contributed by atoms with Gasteiger partial charge in [-0.1, -0.05) is 12.1 Å². The van der Waals surface area contributed by atoms with Crippen molar-refractivity contribution in [2.45, 2.75) is 13.5 Å². The van der Waals surface area contributed by atoms with Crippen LogP contribution in [0.3, 0.4) is 0 Å².